The molecule has 0 aliphatic heterocycles. The van der Waals surface area contributed by atoms with Crippen molar-refractivity contribution in [1.82, 2.24) is 10.6 Å². The van der Waals surface area contributed by atoms with Crippen molar-refractivity contribution in [3.05, 3.63) is 58.3 Å². The van der Waals surface area contributed by atoms with Crippen LogP contribution < -0.4 is 10.6 Å². The van der Waals surface area contributed by atoms with E-state index in [0.717, 1.165) is 17.0 Å². The Hall–Kier alpha value is -1.65. The van der Waals surface area contributed by atoms with Crippen molar-refractivity contribution < 1.29 is 4.79 Å². The molecule has 4 heteroatoms. The fourth-order valence-corrected chi connectivity index (χ4v) is 2.82. The molecule has 21 heavy (non-hydrogen) atoms. The van der Waals surface area contributed by atoms with Gasteiger partial charge in [0.05, 0.1) is 0 Å². The van der Waals surface area contributed by atoms with E-state index < -0.39 is 0 Å². The number of rotatable bonds is 7. The first-order chi connectivity index (χ1) is 10.2. The van der Waals surface area contributed by atoms with Crippen LogP contribution in [-0.2, 0) is 11.3 Å². The van der Waals surface area contributed by atoms with Gasteiger partial charge in [-0.05, 0) is 29.5 Å². The largest absolute Gasteiger partial charge is 0.350 e. The molecule has 0 fully saturated rings. The maximum Gasteiger partial charge on any atom is 0.242 e. The van der Waals surface area contributed by atoms with Crippen molar-refractivity contribution in [3.8, 4) is 0 Å². The molecule has 1 aromatic carbocycles. The number of carbonyl (C=O) groups is 1. The number of nitrogens with one attached hydrogen (secondary N) is 2. The van der Waals surface area contributed by atoms with Crippen molar-refractivity contribution in [2.75, 3.05) is 6.54 Å². The predicted molar refractivity (Wildman–Crippen MR) is 88.2 cm³/mol. The summed E-state index contributed by atoms with van der Waals surface area (Å²) in [5, 5.41) is 8.38. The number of thiophene rings is 1. The predicted octanol–water partition coefficient (Wildman–Crippen LogP) is 3.35. The molecule has 0 saturated carbocycles. The van der Waals surface area contributed by atoms with Crippen LogP contribution in [0.5, 0.6) is 0 Å². The van der Waals surface area contributed by atoms with Gasteiger partial charge in [-0.2, -0.15) is 0 Å². The van der Waals surface area contributed by atoms with Crippen molar-refractivity contribution in [3.63, 3.8) is 0 Å². The normalized spacial score (nSPS) is 12.3. The quantitative estimate of drug-likeness (QED) is 0.823. The molecule has 0 aliphatic carbocycles. The molecule has 0 saturated heterocycles. The van der Waals surface area contributed by atoms with Gasteiger partial charge in [0.2, 0.25) is 5.91 Å². The maximum absolute atomic E-state index is 12.5. The van der Waals surface area contributed by atoms with E-state index >= 15 is 0 Å². The van der Waals surface area contributed by atoms with Gasteiger partial charge in [-0.25, -0.2) is 0 Å². The van der Waals surface area contributed by atoms with E-state index in [-0.39, 0.29) is 11.9 Å². The van der Waals surface area contributed by atoms with Crippen LogP contribution >= 0.6 is 11.3 Å². The van der Waals surface area contributed by atoms with Crippen LogP contribution in [0.1, 0.15) is 30.3 Å². The summed E-state index contributed by atoms with van der Waals surface area (Å²) in [6.45, 7) is 5.66. The van der Waals surface area contributed by atoms with Crippen LogP contribution in [0, 0.1) is 5.92 Å². The van der Waals surface area contributed by atoms with Crippen LogP contribution in [0.15, 0.2) is 47.8 Å². The molecule has 1 amide bonds. The Kier molecular flexibility index (Phi) is 5.96. The second-order valence-corrected chi connectivity index (χ2v) is 6.43. The smallest absolute Gasteiger partial charge is 0.242 e. The summed E-state index contributed by atoms with van der Waals surface area (Å²) in [4.78, 5) is 13.5. The minimum Gasteiger partial charge on any atom is -0.350 e. The van der Waals surface area contributed by atoms with Crippen molar-refractivity contribution in [2.45, 2.75) is 26.4 Å². The fraction of sp³-hybridized carbons (Fsp3) is 0.353. The van der Waals surface area contributed by atoms with Crippen LogP contribution in [0.3, 0.4) is 0 Å². The zero-order valence-electron chi connectivity index (χ0n) is 12.5. The molecule has 2 rings (SSSR count). The molecule has 2 N–H and O–H groups in total. The monoisotopic (exact) mass is 302 g/mol. The summed E-state index contributed by atoms with van der Waals surface area (Å²) in [7, 11) is 0. The first-order valence-electron chi connectivity index (χ1n) is 7.25. The van der Waals surface area contributed by atoms with E-state index in [9.17, 15) is 4.79 Å². The molecule has 0 aliphatic rings. The molecular weight excluding hydrogens is 280 g/mol. The summed E-state index contributed by atoms with van der Waals surface area (Å²) in [5.41, 5.74) is 1.11. The third-order valence-electron chi connectivity index (χ3n) is 3.13. The van der Waals surface area contributed by atoms with Gasteiger partial charge in [-0.3, -0.25) is 4.79 Å². The minimum absolute atomic E-state index is 0.0296. The third-order valence-corrected chi connectivity index (χ3v) is 4.07. The first-order valence-corrected chi connectivity index (χ1v) is 8.13. The van der Waals surface area contributed by atoms with Crippen LogP contribution in [-0.4, -0.2) is 12.5 Å². The molecule has 2 aromatic rings. The number of hydrogen-bond acceptors (Lipinski definition) is 3. The highest BCUT2D eigenvalue weighted by atomic mass is 32.1. The number of benzene rings is 1. The van der Waals surface area contributed by atoms with Crippen molar-refractivity contribution >= 4 is 17.2 Å². The van der Waals surface area contributed by atoms with E-state index in [2.05, 4.69) is 24.5 Å². The van der Waals surface area contributed by atoms with Gasteiger partial charge < -0.3 is 10.6 Å². The molecule has 0 radical (unpaired) electrons. The average molecular weight is 302 g/mol. The zero-order valence-corrected chi connectivity index (χ0v) is 13.3. The Morgan fingerprint density at radius 2 is 1.90 bits per heavy atom. The molecule has 3 nitrogen and oxygen atoms in total. The first kappa shape index (κ1) is 15.7. The highest BCUT2D eigenvalue weighted by Crippen LogP contribution is 2.19. The molecule has 0 spiro atoms. The molecule has 1 unspecified atom stereocenters. The Labute approximate surface area is 130 Å². The molecule has 1 atom stereocenters. The zero-order chi connectivity index (χ0) is 15.1. The van der Waals surface area contributed by atoms with Crippen molar-refractivity contribution in [2.24, 2.45) is 5.92 Å². The Bertz CT molecular complexity index is 537. The molecular formula is C17H22N2OS. The van der Waals surface area contributed by atoms with E-state index in [4.69, 9.17) is 0 Å². The lowest BCUT2D eigenvalue weighted by Gasteiger charge is -2.18. The van der Waals surface area contributed by atoms with Gasteiger partial charge in [0.1, 0.15) is 6.04 Å². The highest BCUT2D eigenvalue weighted by Gasteiger charge is 2.20. The summed E-state index contributed by atoms with van der Waals surface area (Å²) in [5.74, 6) is 0.538. The van der Waals surface area contributed by atoms with E-state index in [0.29, 0.717) is 12.5 Å². The maximum atomic E-state index is 12.5. The molecule has 0 bridgehead atoms. The minimum atomic E-state index is -0.267. The number of carbonyl (C=O) groups excluding carboxylic acids is 1. The standard InChI is InChI=1S/C17H22N2OS/c1-13(2)11-18-16(15-9-6-10-21-15)17(20)19-12-14-7-4-3-5-8-14/h3-10,13,16,18H,11-12H2,1-2H3,(H,19,20). The summed E-state index contributed by atoms with van der Waals surface area (Å²) >= 11 is 1.61. The lowest BCUT2D eigenvalue weighted by Crippen LogP contribution is -2.38. The summed E-state index contributed by atoms with van der Waals surface area (Å²) in [6.07, 6.45) is 0. The summed E-state index contributed by atoms with van der Waals surface area (Å²) in [6, 6.07) is 13.7. The average Bonchev–Trinajstić information content (AvgIpc) is 3.00. The van der Waals surface area contributed by atoms with E-state index in [1.807, 2.05) is 47.8 Å². The topological polar surface area (TPSA) is 41.1 Å². The van der Waals surface area contributed by atoms with Gasteiger partial charge in [0, 0.05) is 11.4 Å². The Balaban J connectivity index is 1.97. The van der Waals surface area contributed by atoms with Gasteiger partial charge in [0.15, 0.2) is 0 Å². The van der Waals surface area contributed by atoms with Gasteiger partial charge >= 0.3 is 0 Å². The van der Waals surface area contributed by atoms with E-state index in [1.54, 1.807) is 11.3 Å². The Morgan fingerprint density at radius 1 is 1.14 bits per heavy atom. The van der Waals surface area contributed by atoms with Crippen LogP contribution in [0.4, 0.5) is 0 Å². The number of amides is 1. The van der Waals surface area contributed by atoms with Gasteiger partial charge in [0.25, 0.3) is 0 Å². The van der Waals surface area contributed by atoms with E-state index in [1.165, 1.54) is 0 Å². The van der Waals surface area contributed by atoms with Gasteiger partial charge in [-0.1, -0.05) is 50.2 Å². The lowest BCUT2D eigenvalue weighted by atomic mass is 10.1. The third kappa shape index (κ3) is 4.99. The van der Waals surface area contributed by atoms with Crippen LogP contribution in [0.2, 0.25) is 0 Å². The molecule has 1 aromatic heterocycles. The van der Waals surface area contributed by atoms with Gasteiger partial charge in [-0.15, -0.1) is 11.3 Å². The fourth-order valence-electron chi connectivity index (χ4n) is 2.02. The molecule has 1 heterocycles. The summed E-state index contributed by atoms with van der Waals surface area (Å²) < 4.78 is 0. The lowest BCUT2D eigenvalue weighted by molar-refractivity contribution is -0.123. The molecule has 112 valence electrons. The highest BCUT2D eigenvalue weighted by molar-refractivity contribution is 7.10. The second-order valence-electron chi connectivity index (χ2n) is 5.45. The second kappa shape index (κ2) is 7.96. The Morgan fingerprint density at radius 3 is 2.52 bits per heavy atom. The van der Waals surface area contributed by atoms with Crippen LogP contribution in [0.25, 0.3) is 0 Å². The SMILES string of the molecule is CC(C)CNC(C(=O)NCc1ccccc1)c1cccs1. The van der Waals surface area contributed by atoms with Crippen molar-refractivity contribution in [1.29, 1.82) is 0 Å². The number of hydrogen-bond donors (Lipinski definition) is 2.